The Morgan fingerprint density at radius 2 is 1.90 bits per heavy atom. The van der Waals surface area contributed by atoms with E-state index in [2.05, 4.69) is 32.7 Å². The zero-order chi connectivity index (χ0) is 19.9. The van der Waals surface area contributed by atoms with Gasteiger partial charge in [-0.2, -0.15) is 4.98 Å². The minimum Gasteiger partial charge on any atom is -0.489 e. The van der Waals surface area contributed by atoms with Crippen LogP contribution in [0.15, 0.2) is 60.7 Å². The van der Waals surface area contributed by atoms with Gasteiger partial charge in [0.25, 0.3) is 0 Å². The number of hydrogen-bond acceptors (Lipinski definition) is 6. The number of ether oxygens (including phenoxy) is 2. The second kappa shape index (κ2) is 9.39. The molecule has 0 saturated carbocycles. The molecule has 1 aromatic heterocycles. The van der Waals surface area contributed by atoms with Gasteiger partial charge in [0.2, 0.25) is 5.95 Å². The summed E-state index contributed by atoms with van der Waals surface area (Å²) in [6.45, 7) is 4.10. The van der Waals surface area contributed by atoms with Gasteiger partial charge in [0, 0.05) is 30.6 Å². The van der Waals surface area contributed by atoms with Gasteiger partial charge in [0.15, 0.2) is 0 Å². The van der Waals surface area contributed by atoms with Gasteiger partial charge in [-0.25, -0.2) is 4.98 Å². The number of aromatic nitrogens is 2. The van der Waals surface area contributed by atoms with Crippen LogP contribution in [0.2, 0.25) is 0 Å². The summed E-state index contributed by atoms with van der Waals surface area (Å²) in [6, 6.07) is 19.9. The van der Waals surface area contributed by atoms with Crippen LogP contribution in [0.5, 0.6) is 5.75 Å². The summed E-state index contributed by atoms with van der Waals surface area (Å²) < 4.78 is 11.5. The van der Waals surface area contributed by atoms with E-state index in [9.17, 15) is 0 Å². The Bertz CT molecular complexity index is 910. The fraction of sp³-hybridized carbons (Fsp3) is 0.304. The molecule has 1 aliphatic rings. The maximum atomic E-state index is 5.84. The van der Waals surface area contributed by atoms with Crippen molar-refractivity contribution in [1.29, 1.82) is 0 Å². The molecule has 0 radical (unpaired) electrons. The Morgan fingerprint density at radius 1 is 1.07 bits per heavy atom. The molecular formula is C23H26N4O2. The fourth-order valence-electron chi connectivity index (χ4n) is 3.25. The zero-order valence-electron chi connectivity index (χ0n) is 16.6. The highest BCUT2D eigenvalue weighted by Gasteiger charge is 2.15. The van der Waals surface area contributed by atoms with Gasteiger partial charge < -0.3 is 20.1 Å². The summed E-state index contributed by atoms with van der Waals surface area (Å²) in [6.07, 6.45) is 2.46. The topological polar surface area (TPSA) is 68.3 Å². The Labute approximate surface area is 171 Å². The Kier molecular flexibility index (Phi) is 6.22. The van der Waals surface area contributed by atoms with Gasteiger partial charge in [-0.1, -0.05) is 30.3 Å². The third kappa shape index (κ3) is 5.68. The highest BCUT2D eigenvalue weighted by molar-refractivity contribution is 5.58. The second-order valence-electron chi connectivity index (χ2n) is 7.16. The van der Waals surface area contributed by atoms with E-state index in [1.807, 2.05) is 55.5 Å². The summed E-state index contributed by atoms with van der Waals surface area (Å²) >= 11 is 0. The van der Waals surface area contributed by atoms with Crippen molar-refractivity contribution in [3.63, 3.8) is 0 Å². The van der Waals surface area contributed by atoms with E-state index >= 15 is 0 Å². The van der Waals surface area contributed by atoms with Crippen LogP contribution in [0.1, 0.15) is 24.1 Å². The average Bonchev–Trinajstić information content (AvgIpc) is 3.26. The minimum atomic E-state index is 0.249. The molecule has 1 atom stereocenters. The predicted molar refractivity (Wildman–Crippen MR) is 115 cm³/mol. The van der Waals surface area contributed by atoms with Crippen molar-refractivity contribution in [1.82, 2.24) is 9.97 Å². The molecule has 6 heteroatoms. The number of nitrogens with zero attached hydrogens (tertiary/aromatic N) is 2. The van der Waals surface area contributed by atoms with Gasteiger partial charge in [-0.15, -0.1) is 0 Å². The van der Waals surface area contributed by atoms with Gasteiger partial charge >= 0.3 is 0 Å². The summed E-state index contributed by atoms with van der Waals surface area (Å²) in [7, 11) is 0. The number of hydrogen-bond donors (Lipinski definition) is 2. The van der Waals surface area contributed by atoms with Crippen LogP contribution in [-0.2, 0) is 11.3 Å². The first-order valence-corrected chi connectivity index (χ1v) is 9.99. The molecule has 3 aromatic rings. The van der Waals surface area contributed by atoms with E-state index in [1.165, 1.54) is 0 Å². The molecule has 1 aliphatic heterocycles. The van der Waals surface area contributed by atoms with Gasteiger partial charge in [-0.05, 0) is 49.6 Å². The summed E-state index contributed by atoms with van der Waals surface area (Å²) in [5.41, 5.74) is 2.99. The van der Waals surface area contributed by atoms with Crippen LogP contribution in [0.3, 0.4) is 0 Å². The molecule has 1 saturated heterocycles. The number of aryl methyl sites for hydroxylation is 1. The standard InChI is InChI=1S/C23H26N4O2/c1-17-14-22(27-23(25-17)24-15-21-8-5-13-28-21)26-19-9-11-20(12-10-19)29-16-18-6-3-2-4-7-18/h2-4,6-7,9-12,14,21H,5,8,13,15-16H2,1H3,(H2,24,25,26,27). The van der Waals surface area contributed by atoms with Crippen molar-refractivity contribution in [2.24, 2.45) is 0 Å². The highest BCUT2D eigenvalue weighted by atomic mass is 16.5. The number of anilines is 3. The van der Waals surface area contributed by atoms with E-state index in [0.717, 1.165) is 54.5 Å². The van der Waals surface area contributed by atoms with Crippen LogP contribution < -0.4 is 15.4 Å². The van der Waals surface area contributed by atoms with E-state index in [0.29, 0.717) is 12.6 Å². The lowest BCUT2D eigenvalue weighted by atomic mass is 10.2. The largest absolute Gasteiger partial charge is 0.489 e. The number of benzene rings is 2. The summed E-state index contributed by atoms with van der Waals surface area (Å²) in [5.74, 6) is 2.20. The van der Waals surface area contributed by atoms with E-state index in [1.54, 1.807) is 0 Å². The van der Waals surface area contributed by atoms with Crippen molar-refractivity contribution >= 4 is 17.5 Å². The molecule has 0 spiro atoms. The smallest absolute Gasteiger partial charge is 0.224 e. The quantitative estimate of drug-likeness (QED) is 0.581. The van der Waals surface area contributed by atoms with Gasteiger partial charge in [-0.3, -0.25) is 0 Å². The van der Waals surface area contributed by atoms with Crippen molar-refractivity contribution in [3.05, 3.63) is 71.9 Å². The van der Waals surface area contributed by atoms with E-state index < -0.39 is 0 Å². The molecule has 6 nitrogen and oxygen atoms in total. The minimum absolute atomic E-state index is 0.249. The van der Waals surface area contributed by atoms with E-state index in [-0.39, 0.29) is 6.10 Å². The molecule has 2 heterocycles. The maximum absolute atomic E-state index is 5.84. The van der Waals surface area contributed by atoms with Gasteiger partial charge in [0.1, 0.15) is 18.2 Å². The Morgan fingerprint density at radius 3 is 2.66 bits per heavy atom. The fourth-order valence-corrected chi connectivity index (χ4v) is 3.25. The van der Waals surface area contributed by atoms with Crippen LogP contribution in [0, 0.1) is 6.92 Å². The third-order valence-electron chi connectivity index (χ3n) is 4.74. The Balaban J connectivity index is 1.34. The first-order valence-electron chi connectivity index (χ1n) is 9.99. The second-order valence-corrected chi connectivity index (χ2v) is 7.16. The van der Waals surface area contributed by atoms with E-state index in [4.69, 9.17) is 9.47 Å². The molecule has 2 aromatic carbocycles. The van der Waals surface area contributed by atoms with Crippen molar-refractivity contribution in [2.45, 2.75) is 32.5 Å². The SMILES string of the molecule is Cc1cc(Nc2ccc(OCc3ccccc3)cc2)nc(NCC2CCCO2)n1. The monoisotopic (exact) mass is 390 g/mol. The molecule has 150 valence electrons. The van der Waals surface area contributed by atoms with Crippen LogP contribution in [0.4, 0.5) is 17.5 Å². The predicted octanol–water partition coefficient (Wildman–Crippen LogP) is 4.70. The highest BCUT2D eigenvalue weighted by Crippen LogP contribution is 2.21. The van der Waals surface area contributed by atoms with Crippen molar-refractivity contribution in [2.75, 3.05) is 23.8 Å². The molecule has 0 amide bonds. The first kappa shape index (κ1) is 19.2. The molecule has 1 fully saturated rings. The molecule has 0 aliphatic carbocycles. The Hall–Kier alpha value is -3.12. The van der Waals surface area contributed by atoms with Crippen LogP contribution in [-0.4, -0.2) is 29.2 Å². The van der Waals surface area contributed by atoms with Crippen LogP contribution >= 0.6 is 0 Å². The molecule has 29 heavy (non-hydrogen) atoms. The van der Waals surface area contributed by atoms with Crippen molar-refractivity contribution in [3.8, 4) is 5.75 Å². The first-order chi connectivity index (χ1) is 14.2. The van der Waals surface area contributed by atoms with Crippen molar-refractivity contribution < 1.29 is 9.47 Å². The lowest BCUT2D eigenvalue weighted by Crippen LogP contribution is -2.20. The molecule has 2 N–H and O–H groups in total. The zero-order valence-corrected chi connectivity index (χ0v) is 16.6. The summed E-state index contributed by atoms with van der Waals surface area (Å²) in [5, 5.41) is 6.62. The lowest BCUT2D eigenvalue weighted by molar-refractivity contribution is 0.120. The van der Waals surface area contributed by atoms with Gasteiger partial charge in [0.05, 0.1) is 6.10 Å². The molecule has 0 bridgehead atoms. The molecule has 4 rings (SSSR count). The van der Waals surface area contributed by atoms with Crippen LogP contribution in [0.25, 0.3) is 0 Å². The lowest BCUT2D eigenvalue weighted by Gasteiger charge is -2.13. The summed E-state index contributed by atoms with van der Waals surface area (Å²) in [4.78, 5) is 9.03. The average molecular weight is 390 g/mol. The number of rotatable bonds is 8. The maximum Gasteiger partial charge on any atom is 0.224 e. The molecular weight excluding hydrogens is 364 g/mol. The normalized spacial score (nSPS) is 15.8. The third-order valence-corrected chi connectivity index (χ3v) is 4.74. The molecule has 1 unspecified atom stereocenters. The number of nitrogens with one attached hydrogen (secondary N) is 2.